The molecule has 3 nitrogen and oxygen atoms in total. The van der Waals surface area contributed by atoms with Gasteiger partial charge in [-0.05, 0) is 44.7 Å². The monoisotopic (exact) mass is 295 g/mol. The third-order valence-corrected chi connectivity index (χ3v) is 4.53. The number of nitrogens with one attached hydrogen (secondary N) is 1. The molecule has 1 N–H and O–H groups in total. The van der Waals surface area contributed by atoms with Crippen LogP contribution in [-0.2, 0) is 0 Å². The minimum absolute atomic E-state index is 0.305. The molecule has 0 aromatic carbocycles. The van der Waals surface area contributed by atoms with Crippen molar-refractivity contribution >= 4 is 23.4 Å². The number of rotatable bonds is 6. The van der Waals surface area contributed by atoms with Gasteiger partial charge in [0.05, 0.1) is 16.1 Å². The first kappa shape index (κ1) is 14.6. The van der Waals surface area contributed by atoms with Gasteiger partial charge in [-0.1, -0.05) is 11.6 Å². The largest absolute Gasteiger partial charge is 0.296 e. The lowest BCUT2D eigenvalue weighted by molar-refractivity contribution is 0.370. The average molecular weight is 296 g/mol. The molecule has 102 valence electrons. The summed E-state index contributed by atoms with van der Waals surface area (Å²) in [5.74, 6) is 1.20. The molecule has 1 fully saturated rings. The standard InChI is InChI=1S/C14H18ClN3S/c1-10(2)18-14(8-16,11-3-4-11)9-19-13-6-5-12(15)7-17-13/h5-7,10-11,18H,3-4,9H2,1-2H3. The fourth-order valence-electron chi connectivity index (χ4n) is 2.16. The third kappa shape index (κ3) is 3.85. The summed E-state index contributed by atoms with van der Waals surface area (Å²) in [6, 6.07) is 6.54. The molecule has 1 aromatic rings. The van der Waals surface area contributed by atoms with Crippen molar-refractivity contribution in [2.45, 2.75) is 43.3 Å². The van der Waals surface area contributed by atoms with Crippen LogP contribution >= 0.6 is 23.4 Å². The number of halogens is 1. The van der Waals surface area contributed by atoms with E-state index in [4.69, 9.17) is 11.6 Å². The van der Waals surface area contributed by atoms with Gasteiger partial charge in [-0.3, -0.25) is 5.32 Å². The Kier molecular flexibility index (Phi) is 4.72. The van der Waals surface area contributed by atoms with Gasteiger partial charge in [0, 0.05) is 18.0 Å². The molecular weight excluding hydrogens is 278 g/mol. The number of hydrogen-bond donors (Lipinski definition) is 1. The van der Waals surface area contributed by atoms with Gasteiger partial charge in [0.2, 0.25) is 0 Å². The van der Waals surface area contributed by atoms with E-state index in [1.54, 1.807) is 18.0 Å². The van der Waals surface area contributed by atoms with Crippen LogP contribution in [0, 0.1) is 17.2 Å². The zero-order chi connectivity index (χ0) is 13.9. The van der Waals surface area contributed by atoms with Gasteiger partial charge in [0.25, 0.3) is 0 Å². The zero-order valence-corrected chi connectivity index (χ0v) is 12.8. The first-order valence-electron chi connectivity index (χ1n) is 6.49. The van der Waals surface area contributed by atoms with Crippen LogP contribution in [0.15, 0.2) is 23.4 Å². The molecular formula is C14H18ClN3S. The smallest absolute Gasteiger partial charge is 0.119 e. The Bertz CT molecular complexity index is 465. The molecule has 1 aliphatic rings. The van der Waals surface area contributed by atoms with E-state index in [0.29, 0.717) is 17.0 Å². The summed E-state index contributed by atoms with van der Waals surface area (Å²) in [7, 11) is 0. The number of thioether (sulfide) groups is 1. The van der Waals surface area contributed by atoms with E-state index >= 15 is 0 Å². The minimum Gasteiger partial charge on any atom is -0.296 e. The highest BCUT2D eigenvalue weighted by Gasteiger charge is 2.46. The predicted molar refractivity (Wildman–Crippen MR) is 79.3 cm³/mol. The first-order valence-corrected chi connectivity index (χ1v) is 7.85. The van der Waals surface area contributed by atoms with Gasteiger partial charge in [0.15, 0.2) is 0 Å². The summed E-state index contributed by atoms with van der Waals surface area (Å²) in [5, 5.41) is 14.6. The molecule has 1 saturated carbocycles. The highest BCUT2D eigenvalue weighted by molar-refractivity contribution is 7.99. The molecule has 0 amide bonds. The van der Waals surface area contributed by atoms with E-state index in [2.05, 4.69) is 30.2 Å². The molecule has 5 heteroatoms. The van der Waals surface area contributed by atoms with Crippen LogP contribution in [0.25, 0.3) is 0 Å². The molecule has 0 spiro atoms. The number of pyridine rings is 1. The highest BCUT2D eigenvalue weighted by Crippen LogP contribution is 2.42. The van der Waals surface area contributed by atoms with Crippen molar-refractivity contribution in [3.8, 4) is 6.07 Å². The van der Waals surface area contributed by atoms with Crippen LogP contribution in [0.5, 0.6) is 0 Å². The highest BCUT2D eigenvalue weighted by atomic mass is 35.5. The summed E-state index contributed by atoms with van der Waals surface area (Å²) >= 11 is 7.44. The molecule has 1 aromatic heterocycles. The topological polar surface area (TPSA) is 48.7 Å². The third-order valence-electron chi connectivity index (χ3n) is 3.17. The number of nitriles is 1. The van der Waals surface area contributed by atoms with Crippen LogP contribution in [0.3, 0.4) is 0 Å². The fraction of sp³-hybridized carbons (Fsp3) is 0.571. The van der Waals surface area contributed by atoms with Crippen molar-refractivity contribution in [1.82, 2.24) is 10.3 Å². The Balaban J connectivity index is 2.04. The normalized spacial score (nSPS) is 18.1. The van der Waals surface area contributed by atoms with Crippen molar-refractivity contribution in [3.63, 3.8) is 0 Å². The van der Waals surface area contributed by atoms with Gasteiger partial charge < -0.3 is 0 Å². The van der Waals surface area contributed by atoms with Gasteiger partial charge in [0.1, 0.15) is 5.54 Å². The Morgan fingerprint density at radius 2 is 2.32 bits per heavy atom. The lowest BCUT2D eigenvalue weighted by Gasteiger charge is -2.29. The number of nitrogens with zero attached hydrogens (tertiary/aromatic N) is 2. The minimum atomic E-state index is -0.430. The van der Waals surface area contributed by atoms with Crippen LogP contribution < -0.4 is 5.32 Å². The summed E-state index contributed by atoms with van der Waals surface area (Å²) in [6.07, 6.45) is 3.93. The number of hydrogen-bond acceptors (Lipinski definition) is 4. The van der Waals surface area contributed by atoms with Crippen LogP contribution in [-0.4, -0.2) is 22.3 Å². The lowest BCUT2D eigenvalue weighted by Crippen LogP contribution is -2.51. The summed E-state index contributed by atoms with van der Waals surface area (Å²) in [6.45, 7) is 4.17. The summed E-state index contributed by atoms with van der Waals surface area (Å²) in [5.41, 5.74) is -0.430. The second-order valence-electron chi connectivity index (χ2n) is 5.26. The van der Waals surface area contributed by atoms with Crippen molar-refractivity contribution in [3.05, 3.63) is 23.4 Å². The molecule has 0 radical (unpaired) electrons. The fourth-order valence-corrected chi connectivity index (χ4v) is 3.32. The quantitative estimate of drug-likeness (QED) is 0.816. The zero-order valence-electron chi connectivity index (χ0n) is 11.2. The molecule has 1 atom stereocenters. The first-order chi connectivity index (χ1) is 9.05. The van der Waals surface area contributed by atoms with E-state index in [1.807, 2.05) is 12.1 Å². The van der Waals surface area contributed by atoms with Crippen molar-refractivity contribution in [1.29, 1.82) is 5.26 Å². The van der Waals surface area contributed by atoms with Gasteiger partial charge in [-0.25, -0.2) is 4.98 Å². The SMILES string of the molecule is CC(C)NC(C#N)(CSc1ccc(Cl)cn1)C1CC1. The van der Waals surface area contributed by atoms with E-state index in [0.717, 1.165) is 23.6 Å². The van der Waals surface area contributed by atoms with Crippen LogP contribution in [0.4, 0.5) is 0 Å². The van der Waals surface area contributed by atoms with E-state index in [9.17, 15) is 5.26 Å². The molecule has 2 rings (SSSR count). The lowest BCUT2D eigenvalue weighted by atomic mass is 9.96. The Hall–Kier alpha value is -0.760. The molecule has 0 saturated heterocycles. The second kappa shape index (κ2) is 6.13. The van der Waals surface area contributed by atoms with Crippen molar-refractivity contribution in [2.75, 3.05) is 5.75 Å². The van der Waals surface area contributed by atoms with Crippen LogP contribution in [0.1, 0.15) is 26.7 Å². The number of aromatic nitrogens is 1. The second-order valence-corrected chi connectivity index (χ2v) is 6.69. The Morgan fingerprint density at radius 1 is 1.58 bits per heavy atom. The van der Waals surface area contributed by atoms with Gasteiger partial charge >= 0.3 is 0 Å². The molecule has 0 aliphatic heterocycles. The Labute approximate surface area is 123 Å². The predicted octanol–water partition coefficient (Wildman–Crippen LogP) is 3.50. The van der Waals surface area contributed by atoms with E-state index in [1.165, 1.54) is 0 Å². The molecule has 19 heavy (non-hydrogen) atoms. The van der Waals surface area contributed by atoms with E-state index in [-0.39, 0.29) is 0 Å². The average Bonchev–Trinajstić information content (AvgIpc) is 3.20. The summed E-state index contributed by atoms with van der Waals surface area (Å²) < 4.78 is 0. The van der Waals surface area contributed by atoms with Gasteiger partial charge in [-0.15, -0.1) is 11.8 Å². The maximum Gasteiger partial charge on any atom is 0.119 e. The molecule has 1 aliphatic carbocycles. The summed E-state index contributed by atoms with van der Waals surface area (Å²) in [4.78, 5) is 4.27. The van der Waals surface area contributed by atoms with Crippen LogP contribution in [0.2, 0.25) is 5.02 Å². The molecule has 1 unspecified atom stereocenters. The molecule has 1 heterocycles. The molecule has 0 bridgehead atoms. The van der Waals surface area contributed by atoms with Crippen molar-refractivity contribution < 1.29 is 0 Å². The van der Waals surface area contributed by atoms with E-state index < -0.39 is 5.54 Å². The Morgan fingerprint density at radius 3 is 2.79 bits per heavy atom. The maximum absolute atomic E-state index is 9.59. The van der Waals surface area contributed by atoms with Crippen molar-refractivity contribution in [2.24, 2.45) is 5.92 Å². The maximum atomic E-state index is 9.59. The van der Waals surface area contributed by atoms with Gasteiger partial charge in [-0.2, -0.15) is 5.26 Å².